The molecule has 1 amide bonds. The van der Waals surface area contributed by atoms with Crippen LogP contribution in [0.1, 0.15) is 28.9 Å². The molecule has 20 heavy (non-hydrogen) atoms. The first-order valence-electron chi connectivity index (χ1n) is 6.59. The first-order chi connectivity index (χ1) is 9.70. The maximum Gasteiger partial charge on any atom is 0.224 e. The molecule has 1 N–H and O–H groups in total. The summed E-state index contributed by atoms with van der Waals surface area (Å²) in [5, 5.41) is 2.87. The number of nitrogens with zero attached hydrogens (tertiary/aromatic N) is 1. The minimum atomic E-state index is 0.0836. The average molecular weight is 262 g/mol. The number of nitrogens with one attached hydrogen (secondary N) is 1. The largest absolute Gasteiger partial charge is 0.326 e. The Bertz CT molecular complexity index is 738. The van der Waals surface area contributed by atoms with Crippen LogP contribution >= 0.6 is 0 Å². The predicted molar refractivity (Wildman–Crippen MR) is 78.3 cm³/mol. The van der Waals surface area contributed by atoms with E-state index in [1.54, 1.807) is 0 Å². The second kappa shape index (κ2) is 5.18. The predicted octanol–water partition coefficient (Wildman–Crippen LogP) is 2.67. The lowest BCUT2D eigenvalue weighted by atomic mass is 10.0. The summed E-state index contributed by atoms with van der Waals surface area (Å²) in [6.45, 7) is 1.95. The third-order valence-electron chi connectivity index (χ3n) is 3.22. The lowest BCUT2D eigenvalue weighted by Crippen LogP contribution is -2.18. The molecule has 0 bridgehead atoms. The van der Waals surface area contributed by atoms with Crippen molar-refractivity contribution in [1.29, 1.82) is 0 Å². The number of fused-ring (bicyclic) bond motifs is 1. The number of hydrogen-bond acceptors (Lipinski definition) is 2. The van der Waals surface area contributed by atoms with E-state index < -0.39 is 0 Å². The van der Waals surface area contributed by atoms with Crippen molar-refractivity contribution >= 4 is 11.6 Å². The van der Waals surface area contributed by atoms with Crippen LogP contribution in [0.15, 0.2) is 36.4 Å². The van der Waals surface area contributed by atoms with Crippen molar-refractivity contribution < 1.29 is 4.79 Å². The smallest absolute Gasteiger partial charge is 0.224 e. The van der Waals surface area contributed by atoms with Gasteiger partial charge in [0.2, 0.25) is 5.91 Å². The Morgan fingerprint density at radius 1 is 1.15 bits per heavy atom. The summed E-state index contributed by atoms with van der Waals surface area (Å²) >= 11 is 0. The normalized spacial score (nSPS) is 12.9. The van der Waals surface area contributed by atoms with Gasteiger partial charge in [-0.1, -0.05) is 12.0 Å². The van der Waals surface area contributed by atoms with Crippen LogP contribution in [0.3, 0.4) is 0 Å². The molecule has 0 saturated carbocycles. The molecule has 0 fully saturated rings. The molecule has 1 aromatic heterocycles. The van der Waals surface area contributed by atoms with Crippen LogP contribution in [0.4, 0.5) is 5.69 Å². The summed E-state index contributed by atoms with van der Waals surface area (Å²) in [5.41, 5.74) is 4.73. The Labute approximate surface area is 118 Å². The van der Waals surface area contributed by atoms with Crippen LogP contribution in [0.5, 0.6) is 0 Å². The molecule has 98 valence electrons. The van der Waals surface area contributed by atoms with E-state index >= 15 is 0 Å². The highest BCUT2D eigenvalue weighted by atomic mass is 16.1. The summed E-state index contributed by atoms with van der Waals surface area (Å²) in [6, 6.07) is 11.7. The highest BCUT2D eigenvalue weighted by Gasteiger charge is 2.14. The number of amides is 1. The standard InChI is InChI=1S/C17H14N2O/c1-12-3-2-4-15(18-12)8-5-13-6-9-16-14(11-13)7-10-17(20)19-16/h2-4,6,9,11H,7,10H2,1H3,(H,19,20). The summed E-state index contributed by atoms with van der Waals surface area (Å²) < 4.78 is 0. The topological polar surface area (TPSA) is 42.0 Å². The summed E-state index contributed by atoms with van der Waals surface area (Å²) in [7, 11) is 0. The van der Waals surface area contributed by atoms with Crippen molar-refractivity contribution in [3.05, 3.63) is 58.9 Å². The third-order valence-corrected chi connectivity index (χ3v) is 3.22. The summed E-state index contributed by atoms with van der Waals surface area (Å²) in [4.78, 5) is 15.7. The van der Waals surface area contributed by atoms with Gasteiger partial charge in [0.15, 0.2) is 0 Å². The lowest BCUT2D eigenvalue weighted by Gasteiger charge is -2.16. The molecule has 1 aliphatic rings. The zero-order chi connectivity index (χ0) is 13.9. The average Bonchev–Trinajstić information content (AvgIpc) is 2.45. The van der Waals surface area contributed by atoms with Crippen LogP contribution in [-0.4, -0.2) is 10.9 Å². The van der Waals surface area contributed by atoms with E-state index in [0.717, 1.165) is 34.6 Å². The number of rotatable bonds is 0. The van der Waals surface area contributed by atoms with Gasteiger partial charge in [-0.05, 0) is 55.2 Å². The van der Waals surface area contributed by atoms with Gasteiger partial charge in [-0.25, -0.2) is 4.98 Å². The zero-order valence-corrected chi connectivity index (χ0v) is 11.2. The fourth-order valence-electron chi connectivity index (χ4n) is 2.21. The third kappa shape index (κ3) is 2.70. The number of benzene rings is 1. The van der Waals surface area contributed by atoms with Gasteiger partial charge in [0, 0.05) is 23.4 Å². The molecule has 0 spiro atoms. The Morgan fingerprint density at radius 2 is 2.05 bits per heavy atom. The van der Waals surface area contributed by atoms with Crippen LogP contribution in [-0.2, 0) is 11.2 Å². The Morgan fingerprint density at radius 3 is 2.90 bits per heavy atom. The fraction of sp³-hybridized carbons (Fsp3) is 0.176. The number of pyridine rings is 1. The van der Waals surface area contributed by atoms with Crippen molar-refractivity contribution in [2.45, 2.75) is 19.8 Å². The van der Waals surface area contributed by atoms with Crippen LogP contribution in [0.2, 0.25) is 0 Å². The first kappa shape index (κ1) is 12.4. The molecular weight excluding hydrogens is 248 g/mol. The molecule has 2 heterocycles. The fourth-order valence-corrected chi connectivity index (χ4v) is 2.21. The van der Waals surface area contributed by atoms with E-state index in [1.807, 2.05) is 43.3 Å². The maximum absolute atomic E-state index is 11.3. The first-order valence-corrected chi connectivity index (χ1v) is 6.59. The van der Waals surface area contributed by atoms with E-state index in [0.29, 0.717) is 6.42 Å². The number of aryl methyl sites for hydroxylation is 2. The zero-order valence-electron chi connectivity index (χ0n) is 11.2. The molecule has 0 unspecified atom stereocenters. The number of hydrogen-bond donors (Lipinski definition) is 1. The Kier molecular flexibility index (Phi) is 3.22. The molecule has 0 saturated heterocycles. The Hall–Kier alpha value is -2.60. The molecule has 0 atom stereocenters. The van der Waals surface area contributed by atoms with E-state index in [4.69, 9.17) is 0 Å². The maximum atomic E-state index is 11.3. The molecule has 3 rings (SSSR count). The summed E-state index contributed by atoms with van der Waals surface area (Å²) in [5.74, 6) is 6.28. The molecule has 2 aromatic rings. The van der Waals surface area contributed by atoms with E-state index in [1.165, 1.54) is 0 Å². The highest BCUT2D eigenvalue weighted by Crippen LogP contribution is 2.23. The lowest BCUT2D eigenvalue weighted by molar-refractivity contribution is -0.116. The van der Waals surface area contributed by atoms with E-state index in [-0.39, 0.29) is 5.91 Å². The van der Waals surface area contributed by atoms with Crippen molar-refractivity contribution in [2.75, 3.05) is 5.32 Å². The van der Waals surface area contributed by atoms with Gasteiger partial charge in [-0.15, -0.1) is 0 Å². The monoisotopic (exact) mass is 262 g/mol. The van der Waals surface area contributed by atoms with Crippen LogP contribution in [0.25, 0.3) is 0 Å². The highest BCUT2D eigenvalue weighted by molar-refractivity contribution is 5.93. The van der Waals surface area contributed by atoms with E-state index in [9.17, 15) is 4.79 Å². The number of carbonyl (C=O) groups is 1. The number of aromatic nitrogens is 1. The minimum Gasteiger partial charge on any atom is -0.326 e. The minimum absolute atomic E-state index is 0.0836. The second-order valence-corrected chi connectivity index (χ2v) is 4.83. The van der Waals surface area contributed by atoms with Gasteiger partial charge in [0.1, 0.15) is 5.69 Å². The van der Waals surface area contributed by atoms with Crippen molar-refractivity contribution in [1.82, 2.24) is 4.98 Å². The van der Waals surface area contributed by atoms with Gasteiger partial charge in [-0.3, -0.25) is 4.79 Å². The van der Waals surface area contributed by atoms with Gasteiger partial charge < -0.3 is 5.32 Å². The second-order valence-electron chi connectivity index (χ2n) is 4.83. The quantitative estimate of drug-likeness (QED) is 0.742. The molecule has 3 nitrogen and oxygen atoms in total. The molecule has 0 aliphatic carbocycles. The number of anilines is 1. The SMILES string of the molecule is Cc1cccc(C#Cc2ccc3c(c2)CCC(=O)N3)n1. The van der Waals surface area contributed by atoms with Crippen LogP contribution in [0, 0.1) is 18.8 Å². The van der Waals surface area contributed by atoms with Gasteiger partial charge in [0.25, 0.3) is 0 Å². The van der Waals surface area contributed by atoms with Crippen molar-refractivity contribution in [3.63, 3.8) is 0 Å². The molecule has 0 radical (unpaired) electrons. The van der Waals surface area contributed by atoms with Gasteiger partial charge >= 0.3 is 0 Å². The van der Waals surface area contributed by atoms with E-state index in [2.05, 4.69) is 22.1 Å². The van der Waals surface area contributed by atoms with Gasteiger partial charge in [-0.2, -0.15) is 0 Å². The molecule has 1 aromatic carbocycles. The van der Waals surface area contributed by atoms with Crippen molar-refractivity contribution in [3.8, 4) is 11.8 Å². The molecular formula is C17H14N2O. The summed E-state index contributed by atoms with van der Waals surface area (Å²) in [6.07, 6.45) is 1.32. The Balaban J connectivity index is 1.88. The van der Waals surface area contributed by atoms with Crippen LogP contribution < -0.4 is 5.32 Å². The molecule has 3 heteroatoms. The molecule has 1 aliphatic heterocycles. The van der Waals surface area contributed by atoms with Crippen molar-refractivity contribution in [2.24, 2.45) is 0 Å². The number of carbonyl (C=O) groups excluding carboxylic acids is 1. The van der Waals surface area contributed by atoms with Gasteiger partial charge in [0.05, 0.1) is 0 Å².